The fraction of sp³-hybridized carbons (Fsp3) is 0.438. The normalized spacial score (nSPS) is 18.1. The van der Waals surface area contributed by atoms with E-state index in [0.29, 0.717) is 18.8 Å². The van der Waals surface area contributed by atoms with Crippen molar-refractivity contribution in [2.24, 2.45) is 0 Å². The Hall–Kier alpha value is -1.57. The van der Waals surface area contributed by atoms with E-state index in [1.165, 1.54) is 0 Å². The van der Waals surface area contributed by atoms with Crippen molar-refractivity contribution in [3.63, 3.8) is 0 Å². The maximum absolute atomic E-state index is 11.8. The van der Waals surface area contributed by atoms with Gasteiger partial charge in [-0.3, -0.25) is 4.79 Å². The summed E-state index contributed by atoms with van der Waals surface area (Å²) in [6.07, 6.45) is 6.75. The highest BCUT2D eigenvalue weighted by Crippen LogP contribution is 2.26. The van der Waals surface area contributed by atoms with E-state index in [1.807, 2.05) is 30.3 Å². The molecule has 0 radical (unpaired) electrons. The lowest BCUT2D eigenvalue weighted by molar-refractivity contribution is -0.116. The Kier molecular flexibility index (Phi) is 4.57. The Balaban J connectivity index is 2.21. The van der Waals surface area contributed by atoms with Crippen molar-refractivity contribution in [2.45, 2.75) is 39.0 Å². The van der Waals surface area contributed by atoms with Crippen LogP contribution in [0.1, 0.15) is 44.6 Å². The summed E-state index contributed by atoms with van der Waals surface area (Å²) in [4.78, 5) is 11.8. The van der Waals surface area contributed by atoms with Gasteiger partial charge in [-0.1, -0.05) is 25.1 Å². The topological polar surface area (TPSA) is 26.3 Å². The Labute approximate surface area is 109 Å². The second-order valence-electron chi connectivity index (χ2n) is 4.69. The summed E-state index contributed by atoms with van der Waals surface area (Å²) in [6, 6.07) is 7.93. The number of rotatable bonds is 4. The lowest BCUT2D eigenvalue weighted by atomic mass is 9.92. The number of hydrogen-bond donors (Lipinski definition) is 0. The van der Waals surface area contributed by atoms with E-state index in [2.05, 4.69) is 6.92 Å². The smallest absolute Gasteiger partial charge is 0.158 e. The van der Waals surface area contributed by atoms with Crippen LogP contribution >= 0.6 is 0 Å². The van der Waals surface area contributed by atoms with Crippen LogP contribution < -0.4 is 4.74 Å². The molecular formula is C16H20O2. The minimum atomic E-state index is 0.298. The van der Waals surface area contributed by atoms with Crippen molar-refractivity contribution in [1.29, 1.82) is 0 Å². The number of carbonyl (C=O) groups is 1. The third-order valence-corrected chi connectivity index (χ3v) is 3.17. The summed E-state index contributed by atoms with van der Waals surface area (Å²) in [7, 11) is 0. The molecule has 1 aliphatic carbocycles. The standard InChI is InChI=1S/C16H20O2/c1-2-11-18-16-10-6-4-8-14(16)12-13-7-3-5-9-15(13)17/h4,6,8,10,12H,2-3,5,7,9,11H2,1H3. The zero-order valence-electron chi connectivity index (χ0n) is 10.9. The van der Waals surface area contributed by atoms with E-state index in [0.717, 1.165) is 42.6 Å². The molecule has 0 atom stereocenters. The van der Waals surface area contributed by atoms with Crippen LogP contribution in [-0.4, -0.2) is 12.4 Å². The van der Waals surface area contributed by atoms with Crippen molar-refractivity contribution < 1.29 is 9.53 Å². The molecule has 1 saturated carbocycles. The second-order valence-corrected chi connectivity index (χ2v) is 4.69. The molecule has 2 nitrogen and oxygen atoms in total. The molecule has 0 heterocycles. The summed E-state index contributed by atoms with van der Waals surface area (Å²) in [5, 5.41) is 0. The van der Waals surface area contributed by atoms with Crippen LogP contribution in [0.2, 0.25) is 0 Å². The van der Waals surface area contributed by atoms with Gasteiger partial charge in [0.2, 0.25) is 0 Å². The molecule has 1 aromatic carbocycles. The maximum atomic E-state index is 11.8. The highest BCUT2D eigenvalue weighted by Gasteiger charge is 2.15. The molecule has 1 aliphatic rings. The van der Waals surface area contributed by atoms with Crippen molar-refractivity contribution in [3.05, 3.63) is 35.4 Å². The van der Waals surface area contributed by atoms with Crippen LogP contribution in [0.3, 0.4) is 0 Å². The molecule has 0 amide bonds. The van der Waals surface area contributed by atoms with Gasteiger partial charge in [0.1, 0.15) is 5.75 Å². The number of Topliss-reactive ketones (excluding diaryl/α,β-unsaturated/α-hetero) is 1. The number of hydrogen-bond acceptors (Lipinski definition) is 2. The van der Waals surface area contributed by atoms with Gasteiger partial charge in [0, 0.05) is 12.0 Å². The van der Waals surface area contributed by atoms with Gasteiger partial charge in [0.25, 0.3) is 0 Å². The predicted octanol–water partition coefficient (Wildman–Crippen LogP) is 4.00. The van der Waals surface area contributed by atoms with Crippen LogP contribution in [0.15, 0.2) is 29.8 Å². The number of carbonyl (C=O) groups excluding carboxylic acids is 1. The molecule has 1 aromatic rings. The first-order valence-corrected chi connectivity index (χ1v) is 6.77. The third kappa shape index (κ3) is 3.22. The summed E-state index contributed by atoms with van der Waals surface area (Å²) < 4.78 is 5.71. The Morgan fingerprint density at radius 3 is 2.78 bits per heavy atom. The van der Waals surface area contributed by atoms with E-state index in [1.54, 1.807) is 0 Å². The molecule has 1 fully saturated rings. The van der Waals surface area contributed by atoms with Crippen molar-refractivity contribution in [3.8, 4) is 5.75 Å². The first kappa shape index (κ1) is 12.9. The van der Waals surface area contributed by atoms with Crippen LogP contribution in [0.25, 0.3) is 6.08 Å². The van der Waals surface area contributed by atoms with Gasteiger partial charge >= 0.3 is 0 Å². The van der Waals surface area contributed by atoms with E-state index >= 15 is 0 Å². The Morgan fingerprint density at radius 1 is 1.22 bits per heavy atom. The maximum Gasteiger partial charge on any atom is 0.158 e. The number of para-hydroxylation sites is 1. The quantitative estimate of drug-likeness (QED) is 0.748. The summed E-state index contributed by atoms with van der Waals surface area (Å²) in [6.45, 7) is 2.81. The molecule has 0 bridgehead atoms. The first-order chi connectivity index (χ1) is 8.81. The van der Waals surface area contributed by atoms with Crippen molar-refractivity contribution in [2.75, 3.05) is 6.61 Å². The van der Waals surface area contributed by atoms with E-state index in [9.17, 15) is 4.79 Å². The van der Waals surface area contributed by atoms with Gasteiger partial charge < -0.3 is 4.74 Å². The molecule has 0 unspecified atom stereocenters. The minimum Gasteiger partial charge on any atom is -0.493 e. The SMILES string of the molecule is CCCOc1ccccc1C=C1CCCCC1=O. The monoisotopic (exact) mass is 244 g/mol. The zero-order chi connectivity index (χ0) is 12.8. The van der Waals surface area contributed by atoms with Gasteiger partial charge in [-0.25, -0.2) is 0 Å². The summed E-state index contributed by atoms with van der Waals surface area (Å²) in [5.41, 5.74) is 1.98. The third-order valence-electron chi connectivity index (χ3n) is 3.17. The molecule has 0 aromatic heterocycles. The van der Waals surface area contributed by atoms with Crippen LogP contribution in [0.5, 0.6) is 5.75 Å². The number of ether oxygens (including phenoxy) is 1. The van der Waals surface area contributed by atoms with E-state index in [4.69, 9.17) is 4.74 Å². The predicted molar refractivity (Wildman–Crippen MR) is 73.7 cm³/mol. The molecule has 0 saturated heterocycles. The first-order valence-electron chi connectivity index (χ1n) is 6.77. The van der Waals surface area contributed by atoms with Gasteiger partial charge in [0.15, 0.2) is 5.78 Å². The minimum absolute atomic E-state index is 0.298. The largest absolute Gasteiger partial charge is 0.493 e. The van der Waals surface area contributed by atoms with Gasteiger partial charge in [-0.05, 0) is 43.4 Å². The van der Waals surface area contributed by atoms with Crippen molar-refractivity contribution in [1.82, 2.24) is 0 Å². The number of benzene rings is 1. The summed E-state index contributed by atoms with van der Waals surface area (Å²) in [5.74, 6) is 1.18. The molecule has 2 rings (SSSR count). The average Bonchev–Trinajstić information content (AvgIpc) is 2.40. The molecule has 2 heteroatoms. The molecule has 96 valence electrons. The second kappa shape index (κ2) is 6.39. The number of allylic oxidation sites excluding steroid dienone is 1. The fourth-order valence-electron chi connectivity index (χ4n) is 2.18. The van der Waals surface area contributed by atoms with Crippen LogP contribution in [0, 0.1) is 0 Å². The fourth-order valence-corrected chi connectivity index (χ4v) is 2.18. The molecule has 0 aliphatic heterocycles. The Bertz CT molecular complexity index is 446. The molecule has 18 heavy (non-hydrogen) atoms. The van der Waals surface area contributed by atoms with Crippen LogP contribution in [0.4, 0.5) is 0 Å². The molecular weight excluding hydrogens is 224 g/mol. The van der Waals surface area contributed by atoms with Crippen LogP contribution in [-0.2, 0) is 4.79 Å². The highest BCUT2D eigenvalue weighted by atomic mass is 16.5. The lowest BCUT2D eigenvalue weighted by Gasteiger charge is -2.14. The highest BCUT2D eigenvalue weighted by molar-refractivity contribution is 6.00. The number of ketones is 1. The molecule has 0 spiro atoms. The van der Waals surface area contributed by atoms with E-state index < -0.39 is 0 Å². The van der Waals surface area contributed by atoms with Crippen molar-refractivity contribution >= 4 is 11.9 Å². The Morgan fingerprint density at radius 2 is 2.00 bits per heavy atom. The van der Waals surface area contributed by atoms with E-state index in [-0.39, 0.29) is 0 Å². The zero-order valence-corrected chi connectivity index (χ0v) is 10.9. The summed E-state index contributed by atoms with van der Waals surface area (Å²) >= 11 is 0. The lowest BCUT2D eigenvalue weighted by Crippen LogP contribution is -2.08. The van der Waals surface area contributed by atoms with Gasteiger partial charge in [0.05, 0.1) is 6.61 Å². The average molecular weight is 244 g/mol. The molecule has 0 N–H and O–H groups in total. The van der Waals surface area contributed by atoms with Gasteiger partial charge in [-0.15, -0.1) is 0 Å². The van der Waals surface area contributed by atoms with Gasteiger partial charge in [-0.2, -0.15) is 0 Å².